The van der Waals surface area contributed by atoms with Gasteiger partial charge in [-0.05, 0) is 19.4 Å². The minimum Gasteiger partial charge on any atom is -0.340 e. The number of rotatable bonds is 1. The van der Waals surface area contributed by atoms with Crippen LogP contribution in [0.5, 0.6) is 0 Å². The predicted octanol–water partition coefficient (Wildman–Crippen LogP) is -0.0975. The van der Waals surface area contributed by atoms with Crippen molar-refractivity contribution in [2.24, 2.45) is 5.92 Å². The van der Waals surface area contributed by atoms with Crippen molar-refractivity contribution < 1.29 is 4.79 Å². The SMILES string of the molecule is O=C(C1CNC1)N1CCN2CCCCC2C1. The standard InChI is InChI=1S/C12H21N3O/c16-12(10-7-13-8-10)15-6-5-14-4-2-1-3-11(14)9-15/h10-11,13H,1-9H2. The maximum atomic E-state index is 12.1. The van der Waals surface area contributed by atoms with Crippen LogP contribution < -0.4 is 5.32 Å². The Morgan fingerprint density at radius 1 is 1.12 bits per heavy atom. The van der Waals surface area contributed by atoms with Crippen molar-refractivity contribution in [1.29, 1.82) is 0 Å². The Labute approximate surface area is 97.0 Å². The number of nitrogens with one attached hydrogen (secondary N) is 1. The molecule has 3 aliphatic heterocycles. The van der Waals surface area contributed by atoms with Gasteiger partial charge in [-0.3, -0.25) is 9.69 Å². The van der Waals surface area contributed by atoms with Crippen molar-refractivity contribution in [3.8, 4) is 0 Å². The molecule has 4 nitrogen and oxygen atoms in total. The summed E-state index contributed by atoms with van der Waals surface area (Å²) in [7, 11) is 0. The normalized spacial score (nSPS) is 32.0. The third-order valence-corrected chi connectivity index (χ3v) is 4.28. The van der Waals surface area contributed by atoms with E-state index in [4.69, 9.17) is 0 Å². The summed E-state index contributed by atoms with van der Waals surface area (Å²) in [5.74, 6) is 0.666. The van der Waals surface area contributed by atoms with E-state index in [2.05, 4.69) is 15.1 Å². The molecule has 0 spiro atoms. The first-order valence-electron chi connectivity index (χ1n) is 6.58. The minimum absolute atomic E-state index is 0.273. The molecule has 0 saturated carbocycles. The van der Waals surface area contributed by atoms with E-state index in [1.165, 1.54) is 25.8 Å². The summed E-state index contributed by atoms with van der Waals surface area (Å²) >= 11 is 0. The van der Waals surface area contributed by atoms with Crippen LogP contribution in [0.1, 0.15) is 19.3 Å². The van der Waals surface area contributed by atoms with Gasteiger partial charge < -0.3 is 10.2 Å². The molecular formula is C12H21N3O. The molecule has 0 aromatic rings. The first kappa shape index (κ1) is 10.5. The van der Waals surface area contributed by atoms with E-state index in [1.807, 2.05) is 0 Å². The average Bonchev–Trinajstić information content (AvgIpc) is 2.26. The second-order valence-electron chi connectivity index (χ2n) is 5.32. The van der Waals surface area contributed by atoms with Gasteiger partial charge in [-0.1, -0.05) is 6.42 Å². The van der Waals surface area contributed by atoms with Crippen LogP contribution in [0.4, 0.5) is 0 Å². The Hall–Kier alpha value is -0.610. The number of hydrogen-bond donors (Lipinski definition) is 1. The van der Waals surface area contributed by atoms with E-state index in [9.17, 15) is 4.79 Å². The molecule has 4 heteroatoms. The fourth-order valence-electron chi connectivity index (χ4n) is 3.08. The molecule has 3 rings (SSSR count). The molecule has 0 aromatic heterocycles. The van der Waals surface area contributed by atoms with Gasteiger partial charge in [0.15, 0.2) is 0 Å². The molecule has 1 amide bonds. The van der Waals surface area contributed by atoms with Crippen LogP contribution in [0.3, 0.4) is 0 Å². The van der Waals surface area contributed by atoms with Gasteiger partial charge in [-0.15, -0.1) is 0 Å². The molecule has 0 aromatic carbocycles. The first-order chi connectivity index (χ1) is 7.84. The molecule has 1 atom stereocenters. The van der Waals surface area contributed by atoms with E-state index in [0.717, 1.165) is 32.7 Å². The van der Waals surface area contributed by atoms with Gasteiger partial charge in [-0.2, -0.15) is 0 Å². The highest BCUT2D eigenvalue weighted by Gasteiger charge is 2.35. The Morgan fingerprint density at radius 3 is 2.75 bits per heavy atom. The van der Waals surface area contributed by atoms with Crippen molar-refractivity contribution in [1.82, 2.24) is 15.1 Å². The third kappa shape index (κ3) is 1.84. The fraction of sp³-hybridized carbons (Fsp3) is 0.917. The number of piperidine rings is 1. The molecule has 16 heavy (non-hydrogen) atoms. The minimum atomic E-state index is 0.273. The summed E-state index contributed by atoms with van der Waals surface area (Å²) < 4.78 is 0. The van der Waals surface area contributed by atoms with Gasteiger partial charge in [0.25, 0.3) is 0 Å². The highest BCUT2D eigenvalue weighted by atomic mass is 16.2. The summed E-state index contributed by atoms with van der Waals surface area (Å²) in [5, 5.41) is 3.18. The van der Waals surface area contributed by atoms with Gasteiger partial charge in [0, 0.05) is 38.8 Å². The fourth-order valence-corrected chi connectivity index (χ4v) is 3.08. The number of carbonyl (C=O) groups is 1. The van der Waals surface area contributed by atoms with Crippen molar-refractivity contribution in [3.63, 3.8) is 0 Å². The van der Waals surface area contributed by atoms with Gasteiger partial charge in [0.05, 0.1) is 5.92 Å². The summed E-state index contributed by atoms with van der Waals surface area (Å²) in [4.78, 5) is 16.8. The lowest BCUT2D eigenvalue weighted by Gasteiger charge is -2.45. The van der Waals surface area contributed by atoms with Crippen LogP contribution in [0, 0.1) is 5.92 Å². The Kier molecular flexibility index (Phi) is 2.86. The highest BCUT2D eigenvalue weighted by molar-refractivity contribution is 5.80. The number of carbonyl (C=O) groups excluding carboxylic acids is 1. The zero-order valence-electron chi connectivity index (χ0n) is 9.82. The van der Waals surface area contributed by atoms with Crippen molar-refractivity contribution in [2.45, 2.75) is 25.3 Å². The Bertz CT molecular complexity index is 277. The molecule has 3 heterocycles. The monoisotopic (exact) mass is 223 g/mol. The van der Waals surface area contributed by atoms with Gasteiger partial charge in [0.1, 0.15) is 0 Å². The Balaban J connectivity index is 1.59. The summed E-state index contributed by atoms with van der Waals surface area (Å²) in [6.45, 7) is 6.06. The van der Waals surface area contributed by atoms with Crippen LogP contribution >= 0.6 is 0 Å². The molecule has 1 unspecified atom stereocenters. The Morgan fingerprint density at radius 2 is 2.00 bits per heavy atom. The van der Waals surface area contributed by atoms with Crippen molar-refractivity contribution >= 4 is 5.91 Å². The highest BCUT2D eigenvalue weighted by Crippen LogP contribution is 2.22. The van der Waals surface area contributed by atoms with Crippen LogP contribution in [0.2, 0.25) is 0 Å². The lowest BCUT2D eigenvalue weighted by atomic mass is 9.97. The largest absolute Gasteiger partial charge is 0.340 e. The predicted molar refractivity (Wildman–Crippen MR) is 62.2 cm³/mol. The molecule has 1 N–H and O–H groups in total. The maximum Gasteiger partial charge on any atom is 0.228 e. The second-order valence-corrected chi connectivity index (χ2v) is 5.32. The zero-order chi connectivity index (χ0) is 11.0. The summed E-state index contributed by atoms with van der Waals surface area (Å²) in [6, 6.07) is 0.652. The van der Waals surface area contributed by atoms with Gasteiger partial charge >= 0.3 is 0 Å². The molecule has 90 valence electrons. The van der Waals surface area contributed by atoms with Crippen molar-refractivity contribution in [3.05, 3.63) is 0 Å². The number of hydrogen-bond acceptors (Lipinski definition) is 3. The van der Waals surface area contributed by atoms with Crippen LogP contribution in [0.25, 0.3) is 0 Å². The number of fused-ring (bicyclic) bond motifs is 1. The average molecular weight is 223 g/mol. The van der Waals surface area contributed by atoms with Gasteiger partial charge in [0.2, 0.25) is 5.91 Å². The lowest BCUT2D eigenvalue weighted by molar-refractivity contribution is -0.140. The number of nitrogens with zero attached hydrogens (tertiary/aromatic N) is 2. The number of piperazine rings is 1. The third-order valence-electron chi connectivity index (χ3n) is 4.28. The van der Waals surface area contributed by atoms with Gasteiger partial charge in [-0.25, -0.2) is 0 Å². The molecule has 0 bridgehead atoms. The molecule has 3 saturated heterocycles. The quantitative estimate of drug-likeness (QED) is 0.674. The van der Waals surface area contributed by atoms with E-state index < -0.39 is 0 Å². The lowest BCUT2D eigenvalue weighted by Crippen LogP contribution is -2.60. The first-order valence-corrected chi connectivity index (χ1v) is 6.58. The summed E-state index contributed by atoms with van der Waals surface area (Å²) in [6.07, 6.45) is 3.97. The van der Waals surface area contributed by atoms with Crippen molar-refractivity contribution in [2.75, 3.05) is 39.3 Å². The van der Waals surface area contributed by atoms with Crippen LogP contribution in [0.15, 0.2) is 0 Å². The molecule has 3 fully saturated rings. The van der Waals surface area contributed by atoms with E-state index in [0.29, 0.717) is 11.9 Å². The van der Waals surface area contributed by atoms with E-state index in [1.54, 1.807) is 0 Å². The van der Waals surface area contributed by atoms with E-state index in [-0.39, 0.29) is 5.92 Å². The zero-order valence-corrected chi connectivity index (χ0v) is 9.82. The number of amides is 1. The molecule has 0 aliphatic carbocycles. The topological polar surface area (TPSA) is 35.6 Å². The summed E-state index contributed by atoms with van der Waals surface area (Å²) in [5.41, 5.74) is 0. The molecular weight excluding hydrogens is 202 g/mol. The van der Waals surface area contributed by atoms with Crippen LogP contribution in [-0.2, 0) is 4.79 Å². The second kappa shape index (κ2) is 4.34. The van der Waals surface area contributed by atoms with Crippen LogP contribution in [-0.4, -0.2) is 61.0 Å². The maximum absolute atomic E-state index is 12.1. The smallest absolute Gasteiger partial charge is 0.228 e. The van der Waals surface area contributed by atoms with E-state index >= 15 is 0 Å². The molecule has 0 radical (unpaired) electrons. The molecule has 3 aliphatic rings.